The number of anilines is 1. The fraction of sp³-hybridized carbons (Fsp3) is 0.423. The molecule has 0 radical (unpaired) electrons. The summed E-state index contributed by atoms with van der Waals surface area (Å²) >= 11 is 0. The van der Waals surface area contributed by atoms with Crippen molar-refractivity contribution < 1.29 is 14.3 Å². The molecule has 1 aliphatic rings. The van der Waals surface area contributed by atoms with Crippen LogP contribution in [-0.4, -0.2) is 33.2 Å². The summed E-state index contributed by atoms with van der Waals surface area (Å²) in [5.41, 5.74) is 9.07. The molecule has 7 heteroatoms. The van der Waals surface area contributed by atoms with Crippen LogP contribution in [0.2, 0.25) is 0 Å². The van der Waals surface area contributed by atoms with Crippen LogP contribution in [-0.2, 0) is 4.74 Å². The monoisotopic (exact) mass is 448 g/mol. The Morgan fingerprint density at radius 2 is 1.82 bits per heavy atom. The summed E-state index contributed by atoms with van der Waals surface area (Å²) < 4.78 is 7.26. The highest BCUT2D eigenvalue weighted by atomic mass is 16.6. The third-order valence-electron chi connectivity index (χ3n) is 5.99. The Hall–Kier alpha value is -3.35. The third kappa shape index (κ3) is 5.18. The van der Waals surface area contributed by atoms with Gasteiger partial charge in [-0.05, 0) is 83.7 Å². The van der Waals surface area contributed by atoms with Crippen LogP contribution in [0.4, 0.5) is 10.5 Å². The first-order chi connectivity index (χ1) is 15.6. The van der Waals surface area contributed by atoms with Crippen LogP contribution in [0.3, 0.4) is 0 Å². The van der Waals surface area contributed by atoms with Gasteiger partial charge < -0.3 is 15.8 Å². The molecule has 33 heavy (non-hydrogen) atoms. The Morgan fingerprint density at radius 1 is 1.09 bits per heavy atom. The van der Waals surface area contributed by atoms with E-state index >= 15 is 0 Å². The highest BCUT2D eigenvalue weighted by molar-refractivity contribution is 5.94. The van der Waals surface area contributed by atoms with Gasteiger partial charge in [-0.1, -0.05) is 17.7 Å². The van der Waals surface area contributed by atoms with Gasteiger partial charge in [0.1, 0.15) is 11.4 Å². The lowest BCUT2D eigenvalue weighted by Crippen LogP contribution is -2.38. The summed E-state index contributed by atoms with van der Waals surface area (Å²) in [7, 11) is 0. The predicted molar refractivity (Wildman–Crippen MR) is 129 cm³/mol. The van der Waals surface area contributed by atoms with E-state index in [0.29, 0.717) is 22.6 Å². The molecule has 0 saturated heterocycles. The molecule has 0 unspecified atom stereocenters. The van der Waals surface area contributed by atoms with E-state index in [1.165, 1.54) is 0 Å². The largest absolute Gasteiger partial charge is 0.443 e. The predicted octanol–water partition coefficient (Wildman–Crippen LogP) is 5.17. The molecular weight excluding hydrogens is 416 g/mol. The number of nitrogens with one attached hydrogen (secondary N) is 1. The first kappa shape index (κ1) is 22.8. The number of amides is 1. The average Bonchev–Trinajstić information content (AvgIpc) is 3.12. The maximum absolute atomic E-state index is 13.1. The van der Waals surface area contributed by atoms with E-state index in [-0.39, 0.29) is 17.9 Å². The SMILES string of the molecule is Cc1cccc(C(=O)NC2CCC(c3nc4ccc(N)cc4n3C(=O)OC(C)(C)C)CC2)c1. The molecule has 1 heterocycles. The number of carbonyl (C=O) groups excluding carboxylic acids is 2. The van der Waals surface area contributed by atoms with Gasteiger partial charge in [-0.3, -0.25) is 4.79 Å². The number of nitrogen functional groups attached to an aromatic ring is 1. The zero-order valence-electron chi connectivity index (χ0n) is 19.7. The number of aromatic nitrogens is 2. The van der Waals surface area contributed by atoms with E-state index in [0.717, 1.165) is 36.8 Å². The van der Waals surface area contributed by atoms with Crippen LogP contribution in [0.25, 0.3) is 11.0 Å². The molecule has 0 bridgehead atoms. The second kappa shape index (κ2) is 8.89. The number of aryl methyl sites for hydroxylation is 1. The first-order valence-electron chi connectivity index (χ1n) is 11.5. The van der Waals surface area contributed by atoms with Crippen molar-refractivity contribution in [2.24, 2.45) is 0 Å². The van der Waals surface area contributed by atoms with E-state index < -0.39 is 11.7 Å². The normalized spacial score (nSPS) is 18.8. The lowest BCUT2D eigenvalue weighted by Gasteiger charge is -2.29. The molecular formula is C26H32N4O3. The van der Waals surface area contributed by atoms with Crippen molar-refractivity contribution in [2.75, 3.05) is 5.73 Å². The van der Waals surface area contributed by atoms with Crippen LogP contribution in [0.1, 0.15) is 74.1 Å². The molecule has 1 aliphatic carbocycles. The van der Waals surface area contributed by atoms with Crippen molar-refractivity contribution in [3.05, 3.63) is 59.4 Å². The summed E-state index contributed by atoms with van der Waals surface area (Å²) in [4.78, 5) is 30.5. The van der Waals surface area contributed by atoms with Gasteiger partial charge in [-0.15, -0.1) is 0 Å². The highest BCUT2D eigenvalue weighted by Crippen LogP contribution is 2.35. The van der Waals surface area contributed by atoms with Crippen LogP contribution in [0, 0.1) is 6.92 Å². The van der Waals surface area contributed by atoms with Crippen molar-refractivity contribution in [1.29, 1.82) is 0 Å². The number of nitrogens with two attached hydrogens (primary N) is 1. The van der Waals surface area contributed by atoms with Crippen LogP contribution < -0.4 is 11.1 Å². The summed E-state index contributed by atoms with van der Waals surface area (Å²) in [6.07, 6.45) is 2.84. The molecule has 1 amide bonds. The van der Waals surface area contributed by atoms with Gasteiger partial charge in [0.2, 0.25) is 0 Å². The highest BCUT2D eigenvalue weighted by Gasteiger charge is 2.31. The number of nitrogens with zero attached hydrogens (tertiary/aromatic N) is 2. The van der Waals surface area contributed by atoms with E-state index in [2.05, 4.69) is 5.32 Å². The quantitative estimate of drug-likeness (QED) is 0.539. The molecule has 174 valence electrons. The summed E-state index contributed by atoms with van der Waals surface area (Å²) in [6, 6.07) is 13.1. The molecule has 1 aromatic heterocycles. The first-order valence-corrected chi connectivity index (χ1v) is 11.5. The Bertz CT molecular complexity index is 1180. The number of hydrogen-bond donors (Lipinski definition) is 2. The van der Waals surface area contributed by atoms with Crippen molar-refractivity contribution in [3.63, 3.8) is 0 Å². The van der Waals surface area contributed by atoms with Crippen LogP contribution >= 0.6 is 0 Å². The van der Waals surface area contributed by atoms with Crippen LogP contribution in [0.15, 0.2) is 42.5 Å². The van der Waals surface area contributed by atoms with Gasteiger partial charge in [0.15, 0.2) is 0 Å². The molecule has 0 atom stereocenters. The summed E-state index contributed by atoms with van der Waals surface area (Å²) in [5.74, 6) is 0.755. The number of carbonyl (C=O) groups is 2. The Balaban J connectivity index is 1.52. The van der Waals surface area contributed by atoms with Gasteiger partial charge in [0.25, 0.3) is 5.91 Å². The van der Waals surface area contributed by atoms with Crippen LogP contribution in [0.5, 0.6) is 0 Å². The number of rotatable bonds is 3. The molecule has 0 aliphatic heterocycles. The molecule has 4 rings (SSSR count). The molecule has 7 nitrogen and oxygen atoms in total. The smallest absolute Gasteiger partial charge is 0.420 e. The second-order valence-electron chi connectivity index (χ2n) is 9.93. The number of hydrogen-bond acceptors (Lipinski definition) is 5. The standard InChI is InChI=1S/C26H32N4O3/c1-16-6-5-7-18(14-16)24(31)28-20-11-8-17(9-12-20)23-29-21-13-10-19(27)15-22(21)30(23)25(32)33-26(2,3)4/h5-7,10,13-15,17,20H,8-9,11-12,27H2,1-4H3,(H,28,31). The topological polar surface area (TPSA) is 99.2 Å². The number of fused-ring (bicyclic) bond motifs is 1. The van der Waals surface area contributed by atoms with E-state index in [4.69, 9.17) is 15.5 Å². The zero-order chi connectivity index (χ0) is 23.8. The minimum absolute atomic E-state index is 0.0429. The van der Waals surface area contributed by atoms with Gasteiger partial charge in [-0.2, -0.15) is 0 Å². The summed E-state index contributed by atoms with van der Waals surface area (Å²) in [5, 5.41) is 3.16. The molecule has 3 aromatic rings. The molecule has 3 N–H and O–H groups in total. The number of imidazole rings is 1. The average molecular weight is 449 g/mol. The van der Waals surface area contributed by atoms with Crippen molar-refractivity contribution >= 4 is 28.7 Å². The van der Waals surface area contributed by atoms with Crippen molar-refractivity contribution in [1.82, 2.24) is 14.9 Å². The molecule has 0 spiro atoms. The second-order valence-corrected chi connectivity index (χ2v) is 9.93. The van der Waals surface area contributed by atoms with Crippen molar-refractivity contribution in [2.45, 2.75) is 70.9 Å². The maximum Gasteiger partial charge on any atom is 0.420 e. The lowest BCUT2D eigenvalue weighted by molar-refractivity contribution is 0.0535. The van der Waals surface area contributed by atoms with E-state index in [9.17, 15) is 9.59 Å². The number of ether oxygens (including phenoxy) is 1. The minimum atomic E-state index is -0.622. The van der Waals surface area contributed by atoms with E-state index in [1.54, 1.807) is 16.7 Å². The molecule has 1 saturated carbocycles. The fourth-order valence-electron chi connectivity index (χ4n) is 4.44. The molecule has 1 fully saturated rings. The van der Waals surface area contributed by atoms with Crippen molar-refractivity contribution in [3.8, 4) is 0 Å². The third-order valence-corrected chi connectivity index (χ3v) is 5.99. The molecule has 2 aromatic carbocycles. The zero-order valence-corrected chi connectivity index (χ0v) is 19.7. The Kier molecular flexibility index (Phi) is 6.15. The summed E-state index contributed by atoms with van der Waals surface area (Å²) in [6.45, 7) is 7.52. The van der Waals surface area contributed by atoms with Gasteiger partial charge in [-0.25, -0.2) is 14.3 Å². The Labute approximate surface area is 194 Å². The van der Waals surface area contributed by atoms with Gasteiger partial charge in [0, 0.05) is 23.2 Å². The number of benzene rings is 2. The van der Waals surface area contributed by atoms with Gasteiger partial charge >= 0.3 is 6.09 Å². The maximum atomic E-state index is 13.1. The van der Waals surface area contributed by atoms with E-state index in [1.807, 2.05) is 58.0 Å². The minimum Gasteiger partial charge on any atom is -0.443 e. The fourth-order valence-corrected chi connectivity index (χ4v) is 4.44. The Morgan fingerprint density at radius 3 is 2.48 bits per heavy atom. The lowest BCUT2D eigenvalue weighted by atomic mass is 9.85. The van der Waals surface area contributed by atoms with Gasteiger partial charge in [0.05, 0.1) is 11.0 Å².